The molecule has 3 aromatic rings. The van der Waals surface area contributed by atoms with Gasteiger partial charge in [0.15, 0.2) is 0 Å². The highest BCUT2D eigenvalue weighted by molar-refractivity contribution is 7.17. The van der Waals surface area contributed by atoms with Crippen LogP contribution in [-0.4, -0.2) is 61.1 Å². The van der Waals surface area contributed by atoms with E-state index in [1.54, 1.807) is 13.0 Å². The van der Waals surface area contributed by atoms with Gasteiger partial charge in [-0.3, -0.25) is 4.90 Å². The number of rotatable bonds is 7. The smallest absolute Gasteiger partial charge is 0.230 e. The third-order valence-electron chi connectivity index (χ3n) is 3.89. The minimum atomic E-state index is -0.429. The molecule has 2 aromatic heterocycles. The van der Waals surface area contributed by atoms with Crippen LogP contribution >= 0.6 is 22.9 Å². The molecule has 0 saturated carbocycles. The van der Waals surface area contributed by atoms with Crippen molar-refractivity contribution >= 4 is 27.9 Å². The number of aliphatic hydroxyl groups is 2. The van der Waals surface area contributed by atoms with Crippen molar-refractivity contribution in [1.29, 1.82) is 0 Å². The van der Waals surface area contributed by atoms with Crippen molar-refractivity contribution in [3.05, 3.63) is 45.6 Å². The zero-order valence-electron chi connectivity index (χ0n) is 13.6. The first kappa shape index (κ1) is 18.1. The fourth-order valence-electron chi connectivity index (χ4n) is 2.85. The zero-order valence-corrected chi connectivity index (χ0v) is 15.2. The van der Waals surface area contributed by atoms with Crippen molar-refractivity contribution in [3.63, 3.8) is 0 Å². The Morgan fingerprint density at radius 1 is 1.24 bits per heavy atom. The van der Waals surface area contributed by atoms with Gasteiger partial charge in [0, 0.05) is 18.1 Å². The molecule has 0 radical (unpaired) electrons. The van der Waals surface area contributed by atoms with E-state index >= 15 is 0 Å². The maximum Gasteiger partial charge on any atom is 0.230 e. The molecule has 3 N–H and O–H groups in total. The quantitative estimate of drug-likeness (QED) is 0.577. The van der Waals surface area contributed by atoms with Gasteiger partial charge in [-0.25, -0.2) is 4.98 Å². The lowest BCUT2D eigenvalue weighted by Crippen LogP contribution is -2.34. The van der Waals surface area contributed by atoms with E-state index in [9.17, 15) is 15.3 Å². The van der Waals surface area contributed by atoms with E-state index in [2.05, 4.69) is 10.1 Å². The summed E-state index contributed by atoms with van der Waals surface area (Å²) in [5.41, 5.74) is 0.780. The molecular formula is C16H19ClN4O3S. The van der Waals surface area contributed by atoms with Gasteiger partial charge in [-0.2, -0.15) is 4.52 Å². The summed E-state index contributed by atoms with van der Waals surface area (Å²) in [6.07, 6.45) is 0. The van der Waals surface area contributed by atoms with Gasteiger partial charge < -0.3 is 15.3 Å². The summed E-state index contributed by atoms with van der Waals surface area (Å²) in [6, 6.07) is 6.91. The number of fused-ring (bicyclic) bond motifs is 1. The van der Waals surface area contributed by atoms with Gasteiger partial charge in [-0.1, -0.05) is 41.1 Å². The monoisotopic (exact) mass is 382 g/mol. The van der Waals surface area contributed by atoms with Crippen LogP contribution in [0.5, 0.6) is 5.88 Å². The lowest BCUT2D eigenvalue weighted by molar-refractivity contribution is 0.136. The average molecular weight is 383 g/mol. The Kier molecular flexibility index (Phi) is 5.55. The number of halogens is 1. The lowest BCUT2D eigenvalue weighted by Gasteiger charge is -2.30. The Morgan fingerprint density at radius 3 is 2.52 bits per heavy atom. The molecule has 1 atom stereocenters. The van der Waals surface area contributed by atoms with E-state index in [1.165, 1.54) is 15.9 Å². The zero-order chi connectivity index (χ0) is 18.0. The third kappa shape index (κ3) is 3.49. The van der Waals surface area contributed by atoms with Gasteiger partial charge in [0.2, 0.25) is 10.8 Å². The van der Waals surface area contributed by atoms with E-state index in [4.69, 9.17) is 11.6 Å². The number of thiazole rings is 1. The number of aromatic hydroxyl groups is 1. The number of aryl methyl sites for hydroxylation is 1. The molecule has 0 fully saturated rings. The summed E-state index contributed by atoms with van der Waals surface area (Å²) < 4.78 is 1.40. The Labute approximate surface area is 153 Å². The minimum Gasteiger partial charge on any atom is -0.492 e. The predicted molar refractivity (Wildman–Crippen MR) is 96.3 cm³/mol. The van der Waals surface area contributed by atoms with Crippen LogP contribution in [0.3, 0.4) is 0 Å². The van der Waals surface area contributed by atoms with Crippen molar-refractivity contribution < 1.29 is 15.3 Å². The second kappa shape index (κ2) is 7.67. The summed E-state index contributed by atoms with van der Waals surface area (Å²) in [6.45, 7) is 2.24. The molecular weight excluding hydrogens is 364 g/mol. The fourth-order valence-corrected chi connectivity index (χ4v) is 4.25. The Bertz CT molecular complexity index is 860. The first-order valence-corrected chi connectivity index (χ1v) is 9.01. The van der Waals surface area contributed by atoms with Gasteiger partial charge in [-0.15, -0.1) is 5.10 Å². The number of aromatic nitrogens is 3. The van der Waals surface area contributed by atoms with E-state index < -0.39 is 6.04 Å². The summed E-state index contributed by atoms with van der Waals surface area (Å²) >= 11 is 7.71. The second-order valence-electron chi connectivity index (χ2n) is 5.55. The molecule has 0 aliphatic heterocycles. The molecule has 0 amide bonds. The van der Waals surface area contributed by atoms with Crippen LogP contribution in [-0.2, 0) is 0 Å². The highest BCUT2D eigenvalue weighted by Gasteiger charge is 2.30. The van der Waals surface area contributed by atoms with Crippen molar-refractivity contribution in [2.24, 2.45) is 0 Å². The molecule has 3 rings (SSSR count). The normalized spacial score (nSPS) is 13.0. The number of hydrogen-bond acceptors (Lipinski definition) is 7. The van der Waals surface area contributed by atoms with E-state index in [0.717, 1.165) is 5.56 Å². The summed E-state index contributed by atoms with van der Waals surface area (Å²) in [5.74, 6) is 0.566. The van der Waals surface area contributed by atoms with Gasteiger partial charge in [0.1, 0.15) is 5.82 Å². The number of nitrogens with zero attached hydrogens (tertiary/aromatic N) is 4. The molecule has 0 saturated heterocycles. The highest BCUT2D eigenvalue weighted by atomic mass is 35.5. The van der Waals surface area contributed by atoms with Crippen molar-refractivity contribution in [2.75, 3.05) is 26.3 Å². The molecule has 2 heterocycles. The molecule has 0 spiro atoms. The Hall–Kier alpha value is -1.71. The van der Waals surface area contributed by atoms with Crippen molar-refractivity contribution in [1.82, 2.24) is 19.5 Å². The van der Waals surface area contributed by atoms with Gasteiger partial charge >= 0.3 is 0 Å². The van der Waals surface area contributed by atoms with Gasteiger partial charge in [-0.05, 0) is 18.6 Å². The Balaban J connectivity index is 2.16. The van der Waals surface area contributed by atoms with Crippen LogP contribution in [0.25, 0.3) is 4.96 Å². The third-order valence-corrected chi connectivity index (χ3v) is 5.31. The largest absolute Gasteiger partial charge is 0.492 e. The maximum atomic E-state index is 10.7. The highest BCUT2D eigenvalue weighted by Crippen LogP contribution is 2.41. The number of aliphatic hydroxyl groups excluding tert-OH is 2. The summed E-state index contributed by atoms with van der Waals surface area (Å²) in [5, 5.41) is 34.3. The first-order chi connectivity index (χ1) is 12.1. The van der Waals surface area contributed by atoms with Crippen LogP contribution < -0.4 is 0 Å². The number of benzene rings is 1. The van der Waals surface area contributed by atoms with Crippen LogP contribution in [0.2, 0.25) is 5.02 Å². The summed E-state index contributed by atoms with van der Waals surface area (Å²) in [4.78, 5) is 7.37. The van der Waals surface area contributed by atoms with Crippen molar-refractivity contribution in [2.45, 2.75) is 13.0 Å². The first-order valence-electron chi connectivity index (χ1n) is 7.82. The summed E-state index contributed by atoms with van der Waals surface area (Å²) in [7, 11) is 0. The average Bonchev–Trinajstić information content (AvgIpc) is 3.08. The molecule has 1 aromatic carbocycles. The molecule has 1 unspecified atom stereocenters. The van der Waals surface area contributed by atoms with Crippen LogP contribution in [0, 0.1) is 6.92 Å². The maximum absolute atomic E-state index is 10.7. The molecule has 0 bridgehead atoms. The predicted octanol–water partition coefficient (Wildman–Crippen LogP) is 1.83. The standard InChI is InChI=1S/C16H19ClN4O3S/c1-10-18-16-21(19-10)15(24)14(25-16)13(20(6-8-22)7-9-23)11-4-2-3-5-12(11)17/h2-5,13,22-24H,6-9H2,1H3. The fraction of sp³-hybridized carbons (Fsp3) is 0.375. The van der Waals surface area contributed by atoms with Gasteiger partial charge in [0.25, 0.3) is 0 Å². The van der Waals surface area contributed by atoms with E-state index in [0.29, 0.717) is 33.8 Å². The van der Waals surface area contributed by atoms with Crippen LogP contribution in [0.15, 0.2) is 24.3 Å². The van der Waals surface area contributed by atoms with E-state index in [-0.39, 0.29) is 19.1 Å². The molecule has 0 aliphatic carbocycles. The van der Waals surface area contributed by atoms with Crippen molar-refractivity contribution in [3.8, 4) is 5.88 Å². The lowest BCUT2D eigenvalue weighted by atomic mass is 10.0. The van der Waals surface area contributed by atoms with Crippen LogP contribution in [0.1, 0.15) is 22.3 Å². The van der Waals surface area contributed by atoms with E-state index in [1.807, 2.05) is 23.1 Å². The van der Waals surface area contributed by atoms with Crippen LogP contribution in [0.4, 0.5) is 0 Å². The minimum absolute atomic E-state index is 0.00796. The topological polar surface area (TPSA) is 94.1 Å². The molecule has 7 nitrogen and oxygen atoms in total. The second-order valence-corrected chi connectivity index (χ2v) is 6.97. The number of hydrogen-bond donors (Lipinski definition) is 3. The SMILES string of the molecule is Cc1nc2sc(C(c3ccccc3Cl)N(CCO)CCO)c(O)n2n1. The van der Waals surface area contributed by atoms with Gasteiger partial charge in [0.05, 0.1) is 24.1 Å². The molecule has 0 aliphatic rings. The molecule has 25 heavy (non-hydrogen) atoms. The molecule has 9 heteroatoms. The molecule has 134 valence electrons. The Morgan fingerprint density at radius 2 is 1.92 bits per heavy atom.